The minimum atomic E-state index is -0.779. The summed E-state index contributed by atoms with van der Waals surface area (Å²) in [5, 5.41) is 9.41. The van der Waals surface area contributed by atoms with Crippen LogP contribution in [0.4, 0.5) is 4.39 Å². The first-order valence-electron chi connectivity index (χ1n) is 13.4. The quantitative estimate of drug-likeness (QED) is 0.169. The van der Waals surface area contributed by atoms with Crippen molar-refractivity contribution >= 4 is 5.97 Å². The number of carbonyl (C=O) groups is 1. The zero-order valence-corrected chi connectivity index (χ0v) is 22.9. The Hall–Kier alpha value is -3.64. The van der Waals surface area contributed by atoms with Crippen LogP contribution in [0.25, 0.3) is 11.1 Å². The monoisotopic (exact) mass is 532 g/mol. The Kier molecular flexibility index (Phi) is 9.77. The SMILES string of the molecule is COc1ccc(F)c(-c2ccc(COc3cccc(C(CC(=O)O)CC4CC4)c3)cc2COCC=C(C)C)c1. The summed E-state index contributed by atoms with van der Waals surface area (Å²) in [6.07, 6.45) is 5.39. The van der Waals surface area contributed by atoms with Gasteiger partial charge in [0.25, 0.3) is 0 Å². The molecule has 0 aromatic heterocycles. The summed E-state index contributed by atoms with van der Waals surface area (Å²) in [4.78, 5) is 11.5. The van der Waals surface area contributed by atoms with E-state index in [-0.39, 0.29) is 18.2 Å². The first-order chi connectivity index (χ1) is 18.8. The highest BCUT2D eigenvalue weighted by Gasteiger charge is 2.27. The van der Waals surface area contributed by atoms with E-state index < -0.39 is 5.97 Å². The first kappa shape index (κ1) is 28.4. The number of hydrogen-bond donors (Lipinski definition) is 1. The zero-order chi connectivity index (χ0) is 27.8. The molecular formula is C33H37FO5. The van der Waals surface area contributed by atoms with Gasteiger partial charge in [0, 0.05) is 5.56 Å². The predicted octanol–water partition coefficient (Wildman–Crippen LogP) is 7.92. The average molecular weight is 533 g/mol. The lowest BCUT2D eigenvalue weighted by atomic mass is 9.90. The van der Waals surface area contributed by atoms with Crippen molar-refractivity contribution in [3.05, 3.63) is 94.8 Å². The fourth-order valence-electron chi connectivity index (χ4n) is 4.68. The van der Waals surface area contributed by atoms with Crippen LogP contribution in [-0.4, -0.2) is 24.8 Å². The highest BCUT2D eigenvalue weighted by molar-refractivity contribution is 5.70. The highest BCUT2D eigenvalue weighted by Crippen LogP contribution is 2.40. The van der Waals surface area contributed by atoms with E-state index in [0.29, 0.717) is 42.8 Å². The van der Waals surface area contributed by atoms with Crippen molar-refractivity contribution in [2.24, 2.45) is 5.92 Å². The van der Waals surface area contributed by atoms with Crippen molar-refractivity contribution < 1.29 is 28.5 Å². The van der Waals surface area contributed by atoms with E-state index in [9.17, 15) is 14.3 Å². The lowest BCUT2D eigenvalue weighted by molar-refractivity contribution is -0.137. The summed E-state index contributed by atoms with van der Waals surface area (Å²) in [6.45, 7) is 5.13. The van der Waals surface area contributed by atoms with Gasteiger partial charge in [0.05, 0.1) is 26.7 Å². The predicted molar refractivity (Wildman–Crippen MR) is 151 cm³/mol. The number of carboxylic acid groups (broad SMARTS) is 1. The van der Waals surface area contributed by atoms with Crippen molar-refractivity contribution in [2.45, 2.75) is 58.7 Å². The second-order valence-electron chi connectivity index (χ2n) is 10.5. The van der Waals surface area contributed by atoms with Crippen LogP contribution in [0.5, 0.6) is 11.5 Å². The lowest BCUT2D eigenvalue weighted by Crippen LogP contribution is -2.08. The minimum Gasteiger partial charge on any atom is -0.497 e. The van der Waals surface area contributed by atoms with Crippen LogP contribution >= 0.6 is 0 Å². The fourth-order valence-corrected chi connectivity index (χ4v) is 4.68. The molecule has 1 unspecified atom stereocenters. The van der Waals surface area contributed by atoms with E-state index in [0.717, 1.165) is 28.7 Å². The molecule has 6 heteroatoms. The smallest absolute Gasteiger partial charge is 0.303 e. The molecule has 0 radical (unpaired) electrons. The van der Waals surface area contributed by atoms with Gasteiger partial charge in [0.1, 0.15) is 23.9 Å². The molecule has 39 heavy (non-hydrogen) atoms. The Balaban J connectivity index is 1.53. The van der Waals surface area contributed by atoms with Crippen molar-refractivity contribution in [1.82, 2.24) is 0 Å². The molecule has 1 N–H and O–H groups in total. The van der Waals surface area contributed by atoms with E-state index in [1.807, 2.05) is 62.4 Å². The van der Waals surface area contributed by atoms with E-state index in [1.54, 1.807) is 19.2 Å². The molecule has 5 nitrogen and oxygen atoms in total. The van der Waals surface area contributed by atoms with Gasteiger partial charge in [-0.3, -0.25) is 4.79 Å². The summed E-state index contributed by atoms with van der Waals surface area (Å²) in [7, 11) is 1.56. The minimum absolute atomic E-state index is 0.0137. The van der Waals surface area contributed by atoms with Crippen LogP contribution in [0.1, 0.15) is 62.1 Å². The van der Waals surface area contributed by atoms with Gasteiger partial charge >= 0.3 is 5.97 Å². The van der Waals surface area contributed by atoms with Crippen molar-refractivity contribution in [3.63, 3.8) is 0 Å². The molecule has 1 saturated carbocycles. The molecule has 1 aliphatic rings. The maximum Gasteiger partial charge on any atom is 0.303 e. The zero-order valence-electron chi connectivity index (χ0n) is 22.9. The van der Waals surface area contributed by atoms with Crippen molar-refractivity contribution in [2.75, 3.05) is 13.7 Å². The third-order valence-electron chi connectivity index (χ3n) is 6.97. The standard InChI is InChI=1S/C33H37FO5/c1-22(2)13-14-38-21-27-16-24(9-11-30(27)31-19-28(37-3)10-12-32(31)34)20-39-29-6-4-5-25(17-29)26(18-33(35)36)15-23-7-8-23/h4-6,9-13,16-17,19,23,26H,7-8,14-15,18,20-21H2,1-3H3,(H,35,36). The van der Waals surface area contributed by atoms with Gasteiger partial charge in [0.15, 0.2) is 0 Å². The largest absolute Gasteiger partial charge is 0.497 e. The number of methoxy groups -OCH3 is 1. The molecule has 0 heterocycles. The van der Waals surface area contributed by atoms with E-state index in [4.69, 9.17) is 14.2 Å². The summed E-state index contributed by atoms with van der Waals surface area (Å²) in [5.41, 5.74) is 5.14. The molecule has 0 amide bonds. The topological polar surface area (TPSA) is 65.0 Å². The van der Waals surface area contributed by atoms with Gasteiger partial charge in [-0.25, -0.2) is 4.39 Å². The summed E-state index contributed by atoms with van der Waals surface area (Å²) >= 11 is 0. The molecule has 3 aromatic carbocycles. The van der Waals surface area contributed by atoms with Crippen LogP contribution in [-0.2, 0) is 22.7 Å². The molecule has 0 spiro atoms. The third kappa shape index (κ3) is 8.42. The van der Waals surface area contributed by atoms with Crippen LogP contribution < -0.4 is 9.47 Å². The Morgan fingerprint density at radius 3 is 2.56 bits per heavy atom. The van der Waals surface area contributed by atoms with E-state index in [1.165, 1.54) is 24.5 Å². The highest BCUT2D eigenvalue weighted by atomic mass is 19.1. The second kappa shape index (κ2) is 13.4. The van der Waals surface area contributed by atoms with Gasteiger partial charge in [-0.15, -0.1) is 0 Å². The molecule has 4 rings (SSSR count). The van der Waals surface area contributed by atoms with Gasteiger partial charge in [-0.1, -0.05) is 48.8 Å². The summed E-state index contributed by atoms with van der Waals surface area (Å²) < 4.78 is 32.2. The molecule has 0 aliphatic heterocycles. The number of aliphatic carboxylic acids is 1. The van der Waals surface area contributed by atoms with Gasteiger partial charge < -0.3 is 19.3 Å². The number of ether oxygens (including phenoxy) is 3. The Morgan fingerprint density at radius 2 is 1.85 bits per heavy atom. The molecule has 0 bridgehead atoms. The average Bonchev–Trinajstić information content (AvgIpc) is 3.74. The number of halogens is 1. The first-order valence-corrected chi connectivity index (χ1v) is 13.4. The van der Waals surface area contributed by atoms with Crippen LogP contribution in [0, 0.1) is 11.7 Å². The van der Waals surface area contributed by atoms with Crippen LogP contribution in [0.15, 0.2) is 72.3 Å². The molecule has 206 valence electrons. The number of allylic oxidation sites excluding steroid dienone is 1. The molecular weight excluding hydrogens is 495 g/mol. The molecule has 1 aliphatic carbocycles. The van der Waals surface area contributed by atoms with Crippen molar-refractivity contribution in [1.29, 1.82) is 0 Å². The number of hydrogen-bond acceptors (Lipinski definition) is 4. The Bertz CT molecular complexity index is 1310. The molecule has 1 atom stereocenters. The Morgan fingerprint density at radius 1 is 1.03 bits per heavy atom. The lowest BCUT2D eigenvalue weighted by Gasteiger charge is -2.17. The van der Waals surface area contributed by atoms with Crippen LogP contribution in [0.3, 0.4) is 0 Å². The maximum atomic E-state index is 14.8. The van der Waals surface area contributed by atoms with E-state index in [2.05, 4.69) is 0 Å². The maximum absolute atomic E-state index is 14.8. The molecule has 0 saturated heterocycles. The van der Waals surface area contributed by atoms with Gasteiger partial charge in [0.2, 0.25) is 0 Å². The van der Waals surface area contributed by atoms with E-state index >= 15 is 0 Å². The fraction of sp³-hybridized carbons (Fsp3) is 0.364. The second-order valence-corrected chi connectivity index (χ2v) is 10.5. The van der Waals surface area contributed by atoms with Gasteiger partial charge in [-0.05, 0) is 90.8 Å². The Labute approximate surface area is 230 Å². The number of benzene rings is 3. The van der Waals surface area contributed by atoms with Crippen LogP contribution in [0.2, 0.25) is 0 Å². The van der Waals surface area contributed by atoms with Crippen molar-refractivity contribution in [3.8, 4) is 22.6 Å². The number of carboxylic acids is 1. The summed E-state index contributed by atoms with van der Waals surface area (Å²) in [6, 6.07) is 18.3. The number of rotatable bonds is 14. The summed E-state index contributed by atoms with van der Waals surface area (Å²) in [5.74, 6) is 0.786. The molecule has 1 fully saturated rings. The van der Waals surface area contributed by atoms with Gasteiger partial charge in [-0.2, -0.15) is 0 Å². The normalized spacial score (nSPS) is 13.5. The molecule has 3 aromatic rings. The third-order valence-corrected chi connectivity index (χ3v) is 6.97.